The zero-order chi connectivity index (χ0) is 17.7. The van der Waals surface area contributed by atoms with Gasteiger partial charge in [-0.25, -0.2) is 0 Å². The van der Waals surface area contributed by atoms with E-state index in [0.29, 0.717) is 17.2 Å². The van der Waals surface area contributed by atoms with Gasteiger partial charge in [-0.2, -0.15) is 0 Å². The Bertz CT molecular complexity index is 548. The van der Waals surface area contributed by atoms with Crippen molar-refractivity contribution in [2.24, 2.45) is 5.41 Å². The summed E-state index contributed by atoms with van der Waals surface area (Å²) in [4.78, 5) is 2.40. The Hall–Kier alpha value is -1.21. The van der Waals surface area contributed by atoms with Crippen molar-refractivity contribution in [1.29, 1.82) is 0 Å². The van der Waals surface area contributed by atoms with Crippen LogP contribution in [-0.4, -0.2) is 64.1 Å². The van der Waals surface area contributed by atoms with Gasteiger partial charge in [0, 0.05) is 49.8 Å². The first-order chi connectivity index (χ1) is 11.5. The van der Waals surface area contributed by atoms with Crippen molar-refractivity contribution < 1.29 is 19.3 Å². The summed E-state index contributed by atoms with van der Waals surface area (Å²) in [6, 6.07) is 3.93. The standard InChI is InChI=1S/C18H30N2O4.ClH/c1-18(2,12-21)17(20-10-8-19-9-11-20)13-6-7-14(22-3)16(24-5)15(13)23-4;/h6-7,17,19,21H,8-12H2,1-5H3;1H/t17-;/m0./s1. The first-order valence-electron chi connectivity index (χ1n) is 8.34. The summed E-state index contributed by atoms with van der Waals surface area (Å²) in [5.74, 6) is 1.90. The van der Waals surface area contributed by atoms with Gasteiger partial charge in [0.1, 0.15) is 0 Å². The van der Waals surface area contributed by atoms with Crippen molar-refractivity contribution in [1.82, 2.24) is 10.2 Å². The number of nitrogens with zero attached hydrogens (tertiary/aromatic N) is 1. The summed E-state index contributed by atoms with van der Waals surface area (Å²) in [7, 11) is 4.87. The van der Waals surface area contributed by atoms with E-state index in [2.05, 4.69) is 24.1 Å². The highest BCUT2D eigenvalue weighted by molar-refractivity contribution is 5.85. The van der Waals surface area contributed by atoms with Crippen LogP contribution in [0.2, 0.25) is 0 Å². The normalized spacial score (nSPS) is 16.7. The largest absolute Gasteiger partial charge is 0.493 e. The zero-order valence-electron chi connectivity index (χ0n) is 15.8. The Kier molecular flexibility index (Phi) is 8.28. The molecule has 0 aromatic heterocycles. The molecule has 0 amide bonds. The van der Waals surface area contributed by atoms with Crippen molar-refractivity contribution >= 4 is 12.4 Å². The lowest BCUT2D eigenvalue weighted by molar-refractivity contribution is 0.0290. The molecule has 7 heteroatoms. The maximum atomic E-state index is 10.0. The number of methoxy groups -OCH3 is 3. The van der Waals surface area contributed by atoms with Crippen molar-refractivity contribution in [3.05, 3.63) is 17.7 Å². The second-order valence-electron chi connectivity index (χ2n) is 6.76. The number of aliphatic hydroxyl groups is 1. The quantitative estimate of drug-likeness (QED) is 0.762. The molecule has 1 aromatic carbocycles. The van der Waals surface area contributed by atoms with E-state index in [-0.39, 0.29) is 30.5 Å². The molecule has 0 saturated carbocycles. The SMILES string of the molecule is COc1ccc([C@H](N2CCNCC2)C(C)(C)CO)c(OC)c1OC.Cl. The Balaban J connectivity index is 0.00000312. The van der Waals surface area contributed by atoms with E-state index in [1.807, 2.05) is 12.1 Å². The summed E-state index contributed by atoms with van der Waals surface area (Å²) in [5, 5.41) is 13.4. The number of ether oxygens (including phenoxy) is 3. The smallest absolute Gasteiger partial charge is 0.203 e. The van der Waals surface area contributed by atoms with Crippen molar-refractivity contribution in [3.8, 4) is 17.2 Å². The predicted octanol–water partition coefficient (Wildman–Crippen LogP) is 2.10. The molecule has 0 bridgehead atoms. The fourth-order valence-corrected chi connectivity index (χ4v) is 3.48. The van der Waals surface area contributed by atoms with Crippen molar-refractivity contribution in [2.45, 2.75) is 19.9 Å². The van der Waals surface area contributed by atoms with Gasteiger partial charge in [-0.05, 0) is 12.1 Å². The summed E-state index contributed by atoms with van der Waals surface area (Å²) < 4.78 is 16.6. The maximum absolute atomic E-state index is 10.0. The van der Waals surface area contributed by atoms with Gasteiger partial charge < -0.3 is 24.6 Å². The molecule has 144 valence electrons. The number of benzene rings is 1. The van der Waals surface area contributed by atoms with Gasteiger partial charge in [0.15, 0.2) is 11.5 Å². The first-order valence-corrected chi connectivity index (χ1v) is 8.34. The highest BCUT2D eigenvalue weighted by atomic mass is 35.5. The minimum absolute atomic E-state index is 0. The van der Waals surface area contributed by atoms with E-state index in [9.17, 15) is 5.11 Å². The van der Waals surface area contributed by atoms with Crippen LogP contribution in [0.5, 0.6) is 17.2 Å². The molecule has 0 unspecified atom stereocenters. The van der Waals surface area contributed by atoms with Gasteiger partial charge in [0.2, 0.25) is 5.75 Å². The molecule has 1 aliphatic rings. The van der Waals surface area contributed by atoms with Crippen LogP contribution in [0.3, 0.4) is 0 Å². The van der Waals surface area contributed by atoms with Crippen LogP contribution in [0.4, 0.5) is 0 Å². The van der Waals surface area contributed by atoms with E-state index in [0.717, 1.165) is 31.7 Å². The third-order valence-electron chi connectivity index (χ3n) is 4.69. The number of nitrogens with one attached hydrogen (secondary N) is 1. The molecule has 2 N–H and O–H groups in total. The second-order valence-corrected chi connectivity index (χ2v) is 6.76. The molecule has 0 aliphatic carbocycles. The lowest BCUT2D eigenvalue weighted by atomic mass is 9.79. The van der Waals surface area contributed by atoms with Gasteiger partial charge in [-0.1, -0.05) is 13.8 Å². The average molecular weight is 375 g/mol. The number of hydrogen-bond donors (Lipinski definition) is 2. The molecule has 2 rings (SSSR count). The highest BCUT2D eigenvalue weighted by Crippen LogP contribution is 2.48. The Labute approximate surface area is 156 Å². The van der Waals surface area contributed by atoms with E-state index in [1.165, 1.54) is 0 Å². The topological polar surface area (TPSA) is 63.2 Å². The molecular formula is C18H31ClN2O4. The molecule has 25 heavy (non-hydrogen) atoms. The molecule has 1 atom stereocenters. The van der Waals surface area contributed by atoms with Crippen LogP contribution in [0.25, 0.3) is 0 Å². The van der Waals surface area contributed by atoms with Crippen molar-refractivity contribution in [3.63, 3.8) is 0 Å². The number of hydrogen-bond acceptors (Lipinski definition) is 6. The molecule has 1 aromatic rings. The summed E-state index contributed by atoms with van der Waals surface area (Å²) in [6.07, 6.45) is 0. The van der Waals surface area contributed by atoms with Crippen molar-refractivity contribution in [2.75, 3.05) is 54.1 Å². The lowest BCUT2D eigenvalue weighted by Crippen LogP contribution is -2.49. The lowest BCUT2D eigenvalue weighted by Gasteiger charge is -2.44. The molecule has 1 aliphatic heterocycles. The van der Waals surface area contributed by atoms with E-state index < -0.39 is 0 Å². The van der Waals surface area contributed by atoms with Crippen LogP contribution in [0.15, 0.2) is 12.1 Å². The molecule has 1 saturated heterocycles. The minimum Gasteiger partial charge on any atom is -0.493 e. The van der Waals surface area contributed by atoms with Crippen LogP contribution in [0.1, 0.15) is 25.5 Å². The van der Waals surface area contributed by atoms with Crippen LogP contribution in [0, 0.1) is 5.41 Å². The fourth-order valence-electron chi connectivity index (χ4n) is 3.48. The summed E-state index contributed by atoms with van der Waals surface area (Å²) in [5.41, 5.74) is 0.681. The van der Waals surface area contributed by atoms with Crippen LogP contribution >= 0.6 is 12.4 Å². The minimum atomic E-state index is -0.329. The fraction of sp³-hybridized carbons (Fsp3) is 0.667. The first kappa shape index (κ1) is 21.8. The number of piperazine rings is 1. The van der Waals surface area contributed by atoms with Crippen LogP contribution in [-0.2, 0) is 0 Å². The number of rotatable bonds is 7. The third-order valence-corrected chi connectivity index (χ3v) is 4.69. The van der Waals surface area contributed by atoms with Gasteiger partial charge >= 0.3 is 0 Å². The van der Waals surface area contributed by atoms with Gasteiger partial charge in [0.25, 0.3) is 0 Å². The Morgan fingerprint density at radius 2 is 1.68 bits per heavy atom. The molecular weight excluding hydrogens is 344 g/mol. The molecule has 1 heterocycles. The van der Waals surface area contributed by atoms with Crippen LogP contribution < -0.4 is 19.5 Å². The van der Waals surface area contributed by atoms with Gasteiger partial charge in [-0.3, -0.25) is 4.90 Å². The third kappa shape index (κ3) is 4.50. The molecule has 1 fully saturated rings. The monoisotopic (exact) mass is 374 g/mol. The van der Waals surface area contributed by atoms with E-state index in [1.54, 1.807) is 21.3 Å². The second kappa shape index (κ2) is 9.48. The van der Waals surface area contributed by atoms with Gasteiger partial charge in [-0.15, -0.1) is 12.4 Å². The van der Waals surface area contributed by atoms with E-state index >= 15 is 0 Å². The number of halogens is 1. The average Bonchev–Trinajstić information content (AvgIpc) is 2.61. The Morgan fingerprint density at radius 1 is 1.08 bits per heavy atom. The molecule has 6 nitrogen and oxygen atoms in total. The van der Waals surface area contributed by atoms with Gasteiger partial charge in [0.05, 0.1) is 21.3 Å². The predicted molar refractivity (Wildman–Crippen MR) is 101 cm³/mol. The molecule has 0 radical (unpaired) electrons. The van der Waals surface area contributed by atoms with E-state index in [4.69, 9.17) is 14.2 Å². The molecule has 0 spiro atoms. The summed E-state index contributed by atoms with van der Waals surface area (Å²) >= 11 is 0. The number of aliphatic hydroxyl groups excluding tert-OH is 1. The zero-order valence-corrected chi connectivity index (χ0v) is 16.6. The highest BCUT2D eigenvalue weighted by Gasteiger charge is 2.38. The summed E-state index contributed by atoms with van der Waals surface area (Å²) in [6.45, 7) is 7.96. The maximum Gasteiger partial charge on any atom is 0.203 e. The Morgan fingerprint density at radius 3 is 2.16 bits per heavy atom.